The van der Waals surface area contributed by atoms with Gasteiger partial charge in [-0.2, -0.15) is 23.4 Å². The largest absolute Gasteiger partial charge is 0.490 e. The smallest absolute Gasteiger partial charge is 0.475 e. The van der Waals surface area contributed by atoms with E-state index in [9.17, 15) is 18.0 Å². The molecule has 4 aliphatic heterocycles. The van der Waals surface area contributed by atoms with E-state index < -0.39 is 17.7 Å². The number of benzene rings is 2. The zero-order valence-corrected chi connectivity index (χ0v) is 49.4. The molecule has 0 unspecified atom stereocenters. The monoisotopic (exact) mass is 1180 g/mol. The third-order valence-corrected chi connectivity index (χ3v) is 15.9. The predicted molar refractivity (Wildman–Crippen MR) is 328 cm³/mol. The first kappa shape index (κ1) is 60.7. The van der Waals surface area contributed by atoms with E-state index in [-0.39, 0.29) is 6.09 Å². The fourth-order valence-electron chi connectivity index (χ4n) is 11.3. The molecule has 20 nitrogen and oxygen atoms in total. The highest BCUT2D eigenvalue weighted by Crippen LogP contribution is 2.33. The number of anilines is 6. The van der Waals surface area contributed by atoms with Crippen molar-refractivity contribution >= 4 is 58.0 Å². The van der Waals surface area contributed by atoms with Crippen LogP contribution in [0.15, 0.2) is 122 Å². The molecule has 4 saturated heterocycles. The Hall–Kier alpha value is -8.41. The van der Waals surface area contributed by atoms with Crippen molar-refractivity contribution in [2.45, 2.75) is 135 Å². The van der Waals surface area contributed by atoms with E-state index in [2.05, 4.69) is 155 Å². The first-order valence-electron chi connectivity index (χ1n) is 29.7. The van der Waals surface area contributed by atoms with Crippen LogP contribution in [0, 0.1) is 0 Å². The summed E-state index contributed by atoms with van der Waals surface area (Å²) in [4.78, 5) is 46.7. The molecule has 6 aromatic heterocycles. The van der Waals surface area contributed by atoms with E-state index in [0.717, 1.165) is 120 Å². The summed E-state index contributed by atoms with van der Waals surface area (Å²) in [6, 6.07) is 35.9. The minimum Gasteiger partial charge on any atom is -0.475 e. The van der Waals surface area contributed by atoms with Crippen LogP contribution < -0.4 is 36.4 Å². The molecule has 10 heterocycles. The van der Waals surface area contributed by atoms with E-state index in [1.54, 1.807) is 12.7 Å². The molecule has 4 fully saturated rings. The van der Waals surface area contributed by atoms with Crippen molar-refractivity contribution < 1.29 is 32.6 Å². The molecule has 0 radical (unpaired) electrons. The molecule has 0 bridgehead atoms. The number of aromatic nitrogens is 8. The van der Waals surface area contributed by atoms with Crippen LogP contribution in [-0.2, 0) is 22.6 Å². The number of hydrogen-bond acceptors (Lipinski definition) is 16. The second-order valence-corrected chi connectivity index (χ2v) is 23.5. The van der Waals surface area contributed by atoms with Gasteiger partial charge >= 0.3 is 18.2 Å². The lowest BCUT2D eigenvalue weighted by Gasteiger charge is -2.33. The Morgan fingerprint density at radius 2 is 1.07 bits per heavy atom. The number of amides is 1. The SMILES string of the molecule is C[C@H]1CCCN1c1cccc(Nc2cc(-c3cccc(CNC4CCN(C(=O)OC(C)(C)C)CC4)c3)cn3ncnc23)n1.C[C@H]1CCCN1c1cccc(Nc2cc(-c3cccc(CNC4CCNCC4)c3)cn3ncnc23)n1.O=C(O)C(F)(F)F. The van der Waals surface area contributed by atoms with E-state index >= 15 is 0 Å². The molecule has 86 heavy (non-hydrogen) atoms. The molecule has 0 aliphatic carbocycles. The summed E-state index contributed by atoms with van der Waals surface area (Å²) in [5.74, 6) is 0.863. The van der Waals surface area contributed by atoms with Gasteiger partial charge in [0.05, 0.1) is 11.4 Å². The zero-order valence-electron chi connectivity index (χ0n) is 49.4. The van der Waals surface area contributed by atoms with Gasteiger partial charge in [-0.1, -0.05) is 48.5 Å². The lowest BCUT2D eigenvalue weighted by Crippen LogP contribution is -2.46. The molecule has 454 valence electrons. The topological polar surface area (TPSA) is 220 Å². The highest BCUT2D eigenvalue weighted by atomic mass is 19.4. The van der Waals surface area contributed by atoms with Crippen LogP contribution in [0.4, 0.5) is 52.6 Å². The predicted octanol–water partition coefficient (Wildman–Crippen LogP) is 11.0. The van der Waals surface area contributed by atoms with Gasteiger partial charge in [0.25, 0.3) is 0 Å². The minimum absolute atomic E-state index is 0.221. The summed E-state index contributed by atoms with van der Waals surface area (Å²) in [6.45, 7) is 17.6. The number of pyridine rings is 4. The number of alkyl halides is 3. The van der Waals surface area contributed by atoms with Crippen LogP contribution in [0.3, 0.4) is 0 Å². The van der Waals surface area contributed by atoms with Gasteiger partial charge in [0.2, 0.25) is 0 Å². The molecular weight excluding hydrogens is 1100 g/mol. The summed E-state index contributed by atoms with van der Waals surface area (Å²) in [5, 5.41) is 33.9. The normalized spacial score (nSPS) is 17.7. The van der Waals surface area contributed by atoms with E-state index in [1.807, 2.05) is 59.2 Å². The van der Waals surface area contributed by atoms with Crippen LogP contribution in [0.5, 0.6) is 0 Å². The van der Waals surface area contributed by atoms with Gasteiger partial charge in [-0.3, -0.25) is 0 Å². The van der Waals surface area contributed by atoms with Crippen molar-refractivity contribution in [3.05, 3.63) is 133 Å². The standard InChI is InChI=1S/C33H42N8O2.C28H34N8.C2HF3O2/c1-23-8-7-15-40(23)30-12-6-11-29(38-30)37-28-19-26(21-41-31(28)35-22-36-41)25-10-5-9-24(18-25)20-34-27-13-16-39(17-14-27)32(42)43-33(2,3)4;1-20-5-4-14-35(20)27-9-3-8-26(34-27)33-25-16-23(18-36-28(25)31-19-32-36)22-7-2-6-21(15-22)17-30-24-10-12-29-13-11-24;3-2(4,5)1(6)7/h5-6,9-12,18-19,21-23,27,34H,7-8,13-17,20H2,1-4H3,(H,37,38);2-3,6-9,15-16,18-20,24,29-30H,4-5,10-14,17H2,1H3,(H,33,34);(H,6,7)/t23-;20-;/m00./s1. The number of nitrogens with zero attached hydrogens (tertiary/aromatic N) is 11. The third-order valence-electron chi connectivity index (χ3n) is 15.9. The van der Waals surface area contributed by atoms with Crippen molar-refractivity contribution in [1.82, 2.24) is 60.0 Å². The number of nitrogens with one attached hydrogen (secondary N) is 5. The van der Waals surface area contributed by atoms with Gasteiger partial charge in [-0.25, -0.2) is 38.6 Å². The maximum Gasteiger partial charge on any atom is 0.490 e. The minimum atomic E-state index is -5.08. The van der Waals surface area contributed by atoms with Crippen molar-refractivity contribution in [1.29, 1.82) is 0 Å². The Bertz CT molecular complexity index is 3580. The second kappa shape index (κ2) is 27.3. The summed E-state index contributed by atoms with van der Waals surface area (Å²) in [6.07, 6.45) is 10.9. The van der Waals surface area contributed by atoms with Gasteiger partial charge in [0, 0.05) is 87.0 Å². The van der Waals surface area contributed by atoms with Crippen molar-refractivity contribution in [2.24, 2.45) is 0 Å². The molecule has 8 aromatic rings. The number of piperidine rings is 2. The van der Waals surface area contributed by atoms with Crippen molar-refractivity contribution in [2.75, 3.05) is 59.7 Å². The van der Waals surface area contributed by atoms with E-state index in [1.165, 1.54) is 49.7 Å². The van der Waals surface area contributed by atoms with Crippen LogP contribution in [0.25, 0.3) is 33.5 Å². The fraction of sp³-hybridized carbons (Fsp3) is 0.429. The van der Waals surface area contributed by atoms with Gasteiger partial charge in [0.1, 0.15) is 41.5 Å². The molecule has 0 spiro atoms. The van der Waals surface area contributed by atoms with Crippen molar-refractivity contribution in [3.63, 3.8) is 0 Å². The molecule has 12 rings (SSSR count). The lowest BCUT2D eigenvalue weighted by atomic mass is 10.0. The number of ether oxygens (including phenoxy) is 1. The van der Waals surface area contributed by atoms with Gasteiger partial charge in [-0.15, -0.1) is 0 Å². The number of carboxylic acid groups (broad SMARTS) is 1. The summed E-state index contributed by atoms with van der Waals surface area (Å²) >= 11 is 0. The molecular formula is C63H77F3N16O4. The van der Waals surface area contributed by atoms with Crippen LogP contribution in [-0.4, -0.2) is 136 Å². The molecule has 2 aromatic carbocycles. The summed E-state index contributed by atoms with van der Waals surface area (Å²) in [7, 11) is 0. The number of halogens is 3. The van der Waals surface area contributed by atoms with Gasteiger partial charge < -0.3 is 51.1 Å². The first-order valence-corrected chi connectivity index (χ1v) is 29.7. The maximum atomic E-state index is 12.4. The zero-order chi connectivity index (χ0) is 60.4. The van der Waals surface area contributed by atoms with Crippen LogP contribution in [0.2, 0.25) is 0 Å². The number of rotatable bonds is 14. The third kappa shape index (κ3) is 15.9. The van der Waals surface area contributed by atoms with E-state index in [0.29, 0.717) is 37.3 Å². The number of aliphatic carboxylic acids is 1. The van der Waals surface area contributed by atoms with Crippen LogP contribution in [0.1, 0.15) is 97.1 Å². The highest BCUT2D eigenvalue weighted by Gasteiger charge is 2.38. The molecule has 23 heteroatoms. The Labute approximate surface area is 499 Å². The Kier molecular flexibility index (Phi) is 19.3. The Morgan fingerprint density at radius 3 is 1.50 bits per heavy atom. The molecule has 4 aliphatic rings. The number of likely N-dealkylation sites (tertiary alicyclic amines) is 1. The maximum absolute atomic E-state index is 12.4. The Balaban J connectivity index is 0.000000174. The quantitative estimate of drug-likeness (QED) is 0.0596. The van der Waals surface area contributed by atoms with Gasteiger partial charge in [-0.05, 0) is 170 Å². The lowest BCUT2D eigenvalue weighted by molar-refractivity contribution is -0.192. The van der Waals surface area contributed by atoms with E-state index in [4.69, 9.17) is 24.6 Å². The number of carbonyl (C=O) groups is 2. The molecule has 6 N–H and O–H groups in total. The summed E-state index contributed by atoms with van der Waals surface area (Å²) < 4.78 is 40.9. The summed E-state index contributed by atoms with van der Waals surface area (Å²) in [5.41, 5.74) is 9.69. The average molecular weight is 1180 g/mol. The number of carboxylic acids is 1. The fourth-order valence-corrected chi connectivity index (χ4v) is 11.3. The number of carbonyl (C=O) groups excluding carboxylic acids is 1. The van der Waals surface area contributed by atoms with Crippen LogP contribution >= 0.6 is 0 Å². The van der Waals surface area contributed by atoms with Crippen molar-refractivity contribution in [3.8, 4) is 22.3 Å². The number of fused-ring (bicyclic) bond motifs is 2. The second-order valence-electron chi connectivity index (χ2n) is 23.5. The van der Waals surface area contributed by atoms with Gasteiger partial charge in [0.15, 0.2) is 11.3 Å². The Morgan fingerprint density at radius 1 is 0.616 bits per heavy atom. The highest BCUT2D eigenvalue weighted by molar-refractivity contribution is 5.81. The molecule has 2 atom stereocenters. The number of hydrogen-bond donors (Lipinski definition) is 6. The first-order chi connectivity index (χ1) is 41.4. The molecule has 1 amide bonds. The average Bonchev–Trinajstić information content (AvgIpc) is 3.15. The molecule has 0 saturated carbocycles.